The van der Waals surface area contributed by atoms with E-state index >= 15 is 0 Å². The Morgan fingerprint density at radius 2 is 2.00 bits per heavy atom. The lowest BCUT2D eigenvalue weighted by atomic mass is 10.1. The monoisotopic (exact) mass is 271 g/mol. The summed E-state index contributed by atoms with van der Waals surface area (Å²) >= 11 is 0. The average Bonchev–Trinajstić information content (AvgIpc) is 2.41. The van der Waals surface area contributed by atoms with E-state index in [2.05, 4.69) is 5.32 Å². The molecule has 0 saturated heterocycles. The van der Waals surface area contributed by atoms with Crippen LogP contribution in [0.25, 0.3) is 0 Å². The fourth-order valence-electron chi connectivity index (χ4n) is 1.78. The molecular formula is C14H13N3O3. The molecule has 0 bridgehead atoms. The van der Waals surface area contributed by atoms with E-state index < -0.39 is 4.92 Å². The van der Waals surface area contributed by atoms with Gasteiger partial charge < -0.3 is 11.1 Å². The van der Waals surface area contributed by atoms with Gasteiger partial charge in [-0.3, -0.25) is 14.9 Å². The molecule has 2 aromatic rings. The van der Waals surface area contributed by atoms with Crippen molar-refractivity contribution in [1.29, 1.82) is 0 Å². The first-order chi connectivity index (χ1) is 9.47. The van der Waals surface area contributed by atoms with E-state index in [1.54, 1.807) is 30.3 Å². The predicted molar refractivity (Wildman–Crippen MR) is 77.2 cm³/mol. The summed E-state index contributed by atoms with van der Waals surface area (Å²) in [6, 6.07) is 11.2. The first-order valence-electron chi connectivity index (χ1n) is 5.89. The number of nitro groups is 1. The number of ketones is 1. The highest BCUT2D eigenvalue weighted by molar-refractivity contribution is 5.95. The van der Waals surface area contributed by atoms with E-state index in [0.717, 1.165) is 0 Å². The summed E-state index contributed by atoms with van der Waals surface area (Å²) in [5, 5.41) is 13.9. The molecule has 0 fully saturated rings. The molecule has 0 atom stereocenters. The van der Waals surface area contributed by atoms with Gasteiger partial charge in [0.05, 0.1) is 4.92 Å². The van der Waals surface area contributed by atoms with E-state index in [1.165, 1.54) is 19.1 Å². The fourth-order valence-corrected chi connectivity index (χ4v) is 1.78. The molecule has 2 rings (SSSR count). The number of nitro benzene ring substituents is 1. The van der Waals surface area contributed by atoms with Gasteiger partial charge in [-0.25, -0.2) is 0 Å². The first kappa shape index (κ1) is 13.5. The number of nitrogens with one attached hydrogen (secondary N) is 1. The number of nitrogens with two attached hydrogens (primary N) is 1. The van der Waals surface area contributed by atoms with Crippen LogP contribution in [0, 0.1) is 10.1 Å². The van der Waals surface area contributed by atoms with Crippen molar-refractivity contribution in [3.05, 3.63) is 58.1 Å². The summed E-state index contributed by atoms with van der Waals surface area (Å²) < 4.78 is 0. The van der Waals surface area contributed by atoms with Crippen molar-refractivity contribution in [1.82, 2.24) is 0 Å². The molecule has 0 aliphatic rings. The Kier molecular flexibility index (Phi) is 3.65. The Morgan fingerprint density at radius 3 is 2.65 bits per heavy atom. The standard InChI is InChI=1S/C14H13N3O3/c1-9(18)10-3-2-4-12(7-10)16-13-6-5-11(15)8-14(13)17(19)20/h2-8,16H,15H2,1H3. The molecule has 0 saturated carbocycles. The normalized spacial score (nSPS) is 10.1. The summed E-state index contributed by atoms with van der Waals surface area (Å²) in [6.45, 7) is 1.46. The second-order valence-electron chi connectivity index (χ2n) is 4.30. The van der Waals surface area contributed by atoms with Gasteiger partial charge in [-0.05, 0) is 31.2 Å². The molecule has 3 N–H and O–H groups in total. The van der Waals surface area contributed by atoms with Gasteiger partial charge in [0.25, 0.3) is 5.69 Å². The summed E-state index contributed by atoms with van der Waals surface area (Å²) in [5.41, 5.74) is 7.21. The maximum atomic E-state index is 11.3. The zero-order chi connectivity index (χ0) is 14.7. The smallest absolute Gasteiger partial charge is 0.294 e. The van der Waals surface area contributed by atoms with Crippen molar-refractivity contribution in [3.8, 4) is 0 Å². The highest BCUT2D eigenvalue weighted by Crippen LogP contribution is 2.29. The van der Waals surface area contributed by atoms with Crippen LogP contribution in [0.1, 0.15) is 17.3 Å². The molecule has 102 valence electrons. The van der Waals surface area contributed by atoms with Crippen molar-refractivity contribution >= 4 is 28.5 Å². The second kappa shape index (κ2) is 5.40. The fraction of sp³-hybridized carbons (Fsp3) is 0.0714. The summed E-state index contributed by atoms with van der Waals surface area (Å²) in [4.78, 5) is 21.8. The van der Waals surface area contributed by atoms with Gasteiger partial charge in [-0.1, -0.05) is 12.1 Å². The SMILES string of the molecule is CC(=O)c1cccc(Nc2ccc(N)cc2[N+](=O)[O-])c1. The van der Waals surface area contributed by atoms with Gasteiger partial charge in [0.1, 0.15) is 5.69 Å². The lowest BCUT2D eigenvalue weighted by Crippen LogP contribution is -1.99. The quantitative estimate of drug-likeness (QED) is 0.385. The van der Waals surface area contributed by atoms with E-state index in [-0.39, 0.29) is 11.5 Å². The third kappa shape index (κ3) is 2.92. The Bertz CT molecular complexity index is 683. The van der Waals surface area contributed by atoms with Crippen molar-refractivity contribution in [2.75, 3.05) is 11.1 Å². The third-order valence-corrected chi connectivity index (χ3v) is 2.77. The second-order valence-corrected chi connectivity index (χ2v) is 4.30. The molecule has 0 spiro atoms. The molecule has 20 heavy (non-hydrogen) atoms. The predicted octanol–water partition coefficient (Wildman–Crippen LogP) is 3.12. The van der Waals surface area contributed by atoms with Gasteiger partial charge in [-0.15, -0.1) is 0 Å². The molecule has 0 amide bonds. The Labute approximate surface area is 115 Å². The number of Topliss-reactive ketones (excluding diaryl/α,β-unsaturated/α-hetero) is 1. The Hall–Kier alpha value is -2.89. The summed E-state index contributed by atoms with van der Waals surface area (Å²) in [6.07, 6.45) is 0. The summed E-state index contributed by atoms with van der Waals surface area (Å²) in [7, 11) is 0. The van der Waals surface area contributed by atoms with Crippen LogP contribution < -0.4 is 11.1 Å². The van der Waals surface area contributed by atoms with Gasteiger partial charge in [0.2, 0.25) is 0 Å². The highest BCUT2D eigenvalue weighted by atomic mass is 16.6. The van der Waals surface area contributed by atoms with Crippen LogP contribution in [0.15, 0.2) is 42.5 Å². The number of hydrogen-bond donors (Lipinski definition) is 2. The lowest BCUT2D eigenvalue weighted by Gasteiger charge is -2.08. The van der Waals surface area contributed by atoms with Gasteiger partial charge in [0, 0.05) is 23.0 Å². The molecule has 0 radical (unpaired) electrons. The van der Waals surface area contributed by atoms with Gasteiger partial charge in [0.15, 0.2) is 5.78 Å². The van der Waals surface area contributed by atoms with Crippen molar-refractivity contribution in [2.45, 2.75) is 6.92 Å². The molecule has 0 aliphatic carbocycles. The topological polar surface area (TPSA) is 98.3 Å². The van der Waals surface area contributed by atoms with Gasteiger partial charge in [-0.2, -0.15) is 0 Å². The molecular weight excluding hydrogens is 258 g/mol. The average molecular weight is 271 g/mol. The number of rotatable bonds is 4. The lowest BCUT2D eigenvalue weighted by molar-refractivity contribution is -0.383. The molecule has 0 aromatic heterocycles. The van der Waals surface area contributed by atoms with Crippen LogP contribution in [0.4, 0.5) is 22.7 Å². The number of benzene rings is 2. The van der Waals surface area contributed by atoms with Crippen LogP contribution in [-0.4, -0.2) is 10.7 Å². The number of nitrogens with zero attached hydrogens (tertiary/aromatic N) is 1. The number of carbonyl (C=O) groups is 1. The van der Waals surface area contributed by atoms with Gasteiger partial charge >= 0.3 is 0 Å². The van der Waals surface area contributed by atoms with Crippen molar-refractivity contribution in [2.24, 2.45) is 0 Å². The van der Waals surface area contributed by atoms with E-state index in [4.69, 9.17) is 5.73 Å². The Morgan fingerprint density at radius 1 is 1.25 bits per heavy atom. The van der Waals surface area contributed by atoms with Crippen molar-refractivity contribution < 1.29 is 9.72 Å². The van der Waals surface area contributed by atoms with Crippen LogP contribution in [0.5, 0.6) is 0 Å². The van der Waals surface area contributed by atoms with E-state index in [9.17, 15) is 14.9 Å². The number of nitrogen functional groups attached to an aromatic ring is 1. The molecule has 0 aliphatic heterocycles. The zero-order valence-electron chi connectivity index (χ0n) is 10.8. The minimum absolute atomic E-state index is 0.0690. The molecule has 0 unspecified atom stereocenters. The first-order valence-corrected chi connectivity index (χ1v) is 5.89. The highest BCUT2D eigenvalue weighted by Gasteiger charge is 2.14. The molecule has 6 heteroatoms. The minimum atomic E-state index is -0.506. The minimum Gasteiger partial charge on any atom is -0.399 e. The third-order valence-electron chi connectivity index (χ3n) is 2.77. The molecule has 0 heterocycles. The largest absolute Gasteiger partial charge is 0.399 e. The van der Waals surface area contributed by atoms with Crippen molar-refractivity contribution in [3.63, 3.8) is 0 Å². The maximum Gasteiger partial charge on any atom is 0.294 e. The zero-order valence-corrected chi connectivity index (χ0v) is 10.8. The molecule has 2 aromatic carbocycles. The maximum absolute atomic E-state index is 11.3. The molecule has 6 nitrogen and oxygen atoms in total. The van der Waals surface area contributed by atoms with E-state index in [1.807, 2.05) is 0 Å². The number of hydrogen-bond acceptors (Lipinski definition) is 5. The van der Waals surface area contributed by atoms with Crippen LogP contribution in [0.2, 0.25) is 0 Å². The Balaban J connectivity index is 2.37. The summed E-state index contributed by atoms with van der Waals surface area (Å²) in [5.74, 6) is -0.0690. The number of carbonyl (C=O) groups excluding carboxylic acids is 1. The van der Waals surface area contributed by atoms with Crippen LogP contribution >= 0.6 is 0 Å². The van der Waals surface area contributed by atoms with Crippen LogP contribution in [-0.2, 0) is 0 Å². The number of anilines is 3. The van der Waals surface area contributed by atoms with E-state index in [0.29, 0.717) is 22.6 Å². The van der Waals surface area contributed by atoms with Crippen LogP contribution in [0.3, 0.4) is 0 Å².